The number of carbonyl (C=O) groups is 2. The summed E-state index contributed by atoms with van der Waals surface area (Å²) in [5, 5.41) is 11.9. The standard InChI is InChI=1S/C23H28N2O5S2/c26-20(27)8-4-2-1-3-7-18-16-9-10-17(15-16)22(18)24-23(28)19-11-12-21(31-19)32(29,30)25-13-5-6-14-25/h1,3,5-6,11-14,16-18,22H,2,4,7-10,15H2,(H,24,28)(H,26,27)/t16-,17+,18+,22+/m1/s1. The number of carbonyl (C=O) groups excluding carboxylic acids is 1. The Morgan fingerprint density at radius 2 is 1.91 bits per heavy atom. The van der Waals surface area contributed by atoms with Gasteiger partial charge < -0.3 is 10.4 Å². The minimum Gasteiger partial charge on any atom is -0.481 e. The Morgan fingerprint density at radius 1 is 1.16 bits per heavy atom. The van der Waals surface area contributed by atoms with Crippen LogP contribution in [-0.2, 0) is 14.8 Å². The Morgan fingerprint density at radius 3 is 2.66 bits per heavy atom. The molecule has 4 rings (SSSR count). The zero-order valence-corrected chi connectivity index (χ0v) is 19.4. The van der Waals surface area contributed by atoms with Gasteiger partial charge in [0.25, 0.3) is 15.9 Å². The molecule has 0 saturated heterocycles. The van der Waals surface area contributed by atoms with Gasteiger partial charge in [0.1, 0.15) is 4.21 Å². The van der Waals surface area contributed by atoms with E-state index in [9.17, 15) is 18.0 Å². The van der Waals surface area contributed by atoms with Crippen molar-refractivity contribution in [3.63, 3.8) is 0 Å². The van der Waals surface area contributed by atoms with Crippen molar-refractivity contribution in [2.24, 2.45) is 17.8 Å². The molecule has 2 aliphatic carbocycles. The molecule has 2 aliphatic rings. The number of amides is 1. The highest BCUT2D eigenvalue weighted by Gasteiger charge is 2.47. The first kappa shape index (κ1) is 22.8. The van der Waals surface area contributed by atoms with Crippen LogP contribution in [0.4, 0.5) is 0 Å². The fraction of sp³-hybridized carbons (Fsp3) is 0.478. The number of hydrogen-bond donors (Lipinski definition) is 2. The van der Waals surface area contributed by atoms with Crippen LogP contribution in [0.15, 0.2) is 53.0 Å². The van der Waals surface area contributed by atoms with E-state index in [1.807, 2.05) is 6.08 Å². The van der Waals surface area contributed by atoms with E-state index in [4.69, 9.17) is 5.11 Å². The topological polar surface area (TPSA) is 105 Å². The van der Waals surface area contributed by atoms with Crippen molar-refractivity contribution in [2.45, 2.75) is 55.2 Å². The second-order valence-corrected chi connectivity index (χ2v) is 11.8. The molecule has 0 aromatic carbocycles. The minimum absolute atomic E-state index is 0.0940. The molecule has 172 valence electrons. The first-order chi connectivity index (χ1) is 15.4. The molecule has 4 atom stereocenters. The lowest BCUT2D eigenvalue weighted by atomic mass is 9.82. The molecule has 2 bridgehead atoms. The zero-order chi connectivity index (χ0) is 22.7. The summed E-state index contributed by atoms with van der Waals surface area (Å²) in [6, 6.07) is 6.47. The van der Waals surface area contributed by atoms with Crippen LogP contribution >= 0.6 is 11.3 Å². The Balaban J connectivity index is 1.38. The maximum absolute atomic E-state index is 13.0. The van der Waals surface area contributed by atoms with Crippen molar-refractivity contribution in [3.05, 3.63) is 53.7 Å². The number of fused-ring (bicyclic) bond motifs is 2. The maximum Gasteiger partial charge on any atom is 0.303 e. The predicted octanol–water partition coefficient (Wildman–Crippen LogP) is 4.13. The van der Waals surface area contributed by atoms with E-state index in [0.29, 0.717) is 29.1 Å². The van der Waals surface area contributed by atoms with Crippen molar-refractivity contribution in [1.29, 1.82) is 0 Å². The fourth-order valence-electron chi connectivity index (χ4n) is 5.10. The highest BCUT2D eigenvalue weighted by molar-refractivity contribution is 7.92. The van der Waals surface area contributed by atoms with Crippen molar-refractivity contribution in [3.8, 4) is 0 Å². The van der Waals surface area contributed by atoms with Crippen LogP contribution in [0.5, 0.6) is 0 Å². The van der Waals surface area contributed by atoms with Gasteiger partial charge in [0.15, 0.2) is 0 Å². The number of nitrogens with one attached hydrogen (secondary N) is 1. The molecule has 1 amide bonds. The lowest BCUT2D eigenvalue weighted by Gasteiger charge is -2.31. The van der Waals surface area contributed by atoms with Gasteiger partial charge in [0.2, 0.25) is 0 Å². The van der Waals surface area contributed by atoms with Gasteiger partial charge in [-0.2, -0.15) is 8.42 Å². The Kier molecular flexibility index (Phi) is 6.85. The van der Waals surface area contributed by atoms with Crippen LogP contribution in [0.2, 0.25) is 0 Å². The SMILES string of the molecule is O=C(O)CCCC=CC[C@H]1[C@@H]2CC[C@@H](C2)[C@@H]1NC(=O)c1ccc(S(=O)(=O)n2cccc2)s1. The number of aromatic nitrogens is 1. The summed E-state index contributed by atoms with van der Waals surface area (Å²) in [6.07, 6.45) is 13.0. The van der Waals surface area contributed by atoms with E-state index in [1.54, 1.807) is 18.2 Å². The smallest absolute Gasteiger partial charge is 0.303 e. The molecule has 2 N–H and O–H groups in total. The highest BCUT2D eigenvalue weighted by atomic mass is 32.2. The van der Waals surface area contributed by atoms with Crippen LogP contribution in [0.25, 0.3) is 0 Å². The molecule has 32 heavy (non-hydrogen) atoms. The van der Waals surface area contributed by atoms with Gasteiger partial charge in [-0.1, -0.05) is 12.2 Å². The molecule has 0 spiro atoms. The maximum atomic E-state index is 13.0. The third-order valence-electron chi connectivity index (χ3n) is 6.64. The number of hydrogen-bond acceptors (Lipinski definition) is 5. The van der Waals surface area contributed by atoms with Crippen LogP contribution in [0.1, 0.15) is 54.6 Å². The largest absolute Gasteiger partial charge is 0.481 e. The lowest BCUT2D eigenvalue weighted by molar-refractivity contribution is -0.137. The van der Waals surface area contributed by atoms with Crippen molar-refractivity contribution in [1.82, 2.24) is 9.29 Å². The molecule has 0 unspecified atom stereocenters. The van der Waals surface area contributed by atoms with E-state index in [2.05, 4.69) is 11.4 Å². The summed E-state index contributed by atoms with van der Waals surface area (Å²) >= 11 is 0.997. The predicted molar refractivity (Wildman–Crippen MR) is 122 cm³/mol. The number of rotatable bonds is 10. The van der Waals surface area contributed by atoms with E-state index < -0.39 is 16.0 Å². The summed E-state index contributed by atoms with van der Waals surface area (Å²) in [5.74, 6) is 0.458. The van der Waals surface area contributed by atoms with Crippen molar-refractivity contribution >= 4 is 33.2 Å². The van der Waals surface area contributed by atoms with Gasteiger partial charge in [-0.3, -0.25) is 9.59 Å². The van der Waals surface area contributed by atoms with Gasteiger partial charge in [0, 0.05) is 24.9 Å². The molecule has 0 aliphatic heterocycles. The summed E-state index contributed by atoms with van der Waals surface area (Å²) < 4.78 is 26.6. The molecule has 2 aromatic rings. The number of thiophene rings is 1. The van der Waals surface area contributed by atoms with Gasteiger partial charge in [-0.05, 0) is 80.5 Å². The first-order valence-electron chi connectivity index (χ1n) is 11.0. The molecular formula is C23H28N2O5S2. The zero-order valence-electron chi connectivity index (χ0n) is 17.7. The summed E-state index contributed by atoms with van der Waals surface area (Å²) in [5.41, 5.74) is 0. The second kappa shape index (κ2) is 9.62. The third-order valence-corrected chi connectivity index (χ3v) is 9.84. The molecule has 2 saturated carbocycles. The quantitative estimate of drug-likeness (QED) is 0.396. The number of unbranched alkanes of at least 4 members (excludes halogenated alkanes) is 1. The van der Waals surface area contributed by atoms with Gasteiger partial charge in [0.05, 0.1) is 4.88 Å². The van der Waals surface area contributed by atoms with Crippen LogP contribution in [0.3, 0.4) is 0 Å². The molecule has 9 heteroatoms. The number of carboxylic acids is 1. The molecule has 2 aromatic heterocycles. The van der Waals surface area contributed by atoms with Crippen LogP contribution < -0.4 is 5.32 Å². The number of nitrogens with zero attached hydrogens (tertiary/aromatic N) is 1. The number of carboxylic acid groups (broad SMARTS) is 1. The van der Waals surface area contributed by atoms with Crippen molar-refractivity contribution < 1.29 is 23.1 Å². The Bertz CT molecular complexity index is 1090. The molecule has 0 radical (unpaired) electrons. The molecule has 2 heterocycles. The van der Waals surface area contributed by atoms with Crippen LogP contribution in [-0.4, -0.2) is 35.4 Å². The normalized spacial score (nSPS) is 24.9. The summed E-state index contributed by atoms with van der Waals surface area (Å²) in [7, 11) is -3.67. The van der Waals surface area contributed by atoms with E-state index >= 15 is 0 Å². The molecule has 2 fully saturated rings. The Hall–Kier alpha value is -2.39. The first-order valence-corrected chi connectivity index (χ1v) is 13.3. The minimum atomic E-state index is -3.67. The Labute approximate surface area is 192 Å². The average molecular weight is 477 g/mol. The van der Waals surface area contributed by atoms with Gasteiger partial charge >= 0.3 is 5.97 Å². The third kappa shape index (κ3) is 4.83. The average Bonchev–Trinajstić information content (AvgIpc) is 3.55. The van der Waals surface area contributed by atoms with Gasteiger partial charge in [-0.15, -0.1) is 11.3 Å². The fourth-order valence-corrected chi connectivity index (χ4v) is 7.60. The second-order valence-electron chi connectivity index (χ2n) is 8.63. The van der Waals surface area contributed by atoms with E-state index in [1.165, 1.54) is 24.9 Å². The monoisotopic (exact) mass is 476 g/mol. The van der Waals surface area contributed by atoms with E-state index in [-0.39, 0.29) is 22.6 Å². The number of allylic oxidation sites excluding steroid dienone is 2. The van der Waals surface area contributed by atoms with E-state index in [0.717, 1.165) is 41.0 Å². The van der Waals surface area contributed by atoms with Crippen molar-refractivity contribution in [2.75, 3.05) is 0 Å². The highest BCUT2D eigenvalue weighted by Crippen LogP contribution is 2.50. The summed E-state index contributed by atoms with van der Waals surface area (Å²) in [4.78, 5) is 24.0. The molecule has 7 nitrogen and oxygen atoms in total. The van der Waals surface area contributed by atoms with Gasteiger partial charge in [-0.25, -0.2) is 3.97 Å². The number of aliphatic carboxylic acids is 1. The summed E-state index contributed by atoms with van der Waals surface area (Å²) in [6.45, 7) is 0. The van der Waals surface area contributed by atoms with Crippen LogP contribution in [0, 0.1) is 17.8 Å². The lowest BCUT2D eigenvalue weighted by Crippen LogP contribution is -2.43. The molecular weight excluding hydrogens is 448 g/mol.